The van der Waals surface area contributed by atoms with E-state index >= 15 is 0 Å². The lowest BCUT2D eigenvalue weighted by Gasteiger charge is -2.23. The highest BCUT2D eigenvalue weighted by molar-refractivity contribution is 5.94. The number of primary amides is 1. The van der Waals surface area contributed by atoms with Crippen molar-refractivity contribution in [2.75, 3.05) is 13.2 Å². The van der Waals surface area contributed by atoms with Gasteiger partial charge in [-0.15, -0.1) is 0 Å². The van der Waals surface area contributed by atoms with E-state index in [-0.39, 0.29) is 31.8 Å². The minimum atomic E-state index is -1.54. The second-order valence-corrected chi connectivity index (χ2v) is 6.93. The average molecular weight is 460 g/mol. The molecule has 0 bridgehead atoms. The number of rotatable bonds is 15. The van der Waals surface area contributed by atoms with E-state index in [9.17, 15) is 24.0 Å². The van der Waals surface area contributed by atoms with Crippen LogP contribution in [0.4, 0.5) is 0 Å². The summed E-state index contributed by atoms with van der Waals surface area (Å²) in [5.41, 5.74) is 21.2. The third-order valence-corrected chi connectivity index (χ3v) is 4.17. The summed E-state index contributed by atoms with van der Waals surface area (Å²) in [5, 5.41) is 24.7. The van der Waals surface area contributed by atoms with Crippen LogP contribution in [-0.4, -0.2) is 83.1 Å². The number of hydrogen-bond donors (Lipinski definition) is 9. The molecule has 0 aromatic rings. The van der Waals surface area contributed by atoms with Crippen LogP contribution in [-0.2, 0) is 24.0 Å². The molecule has 182 valence electrons. The van der Waals surface area contributed by atoms with Gasteiger partial charge in [-0.2, -0.15) is 0 Å². The minimum Gasteiger partial charge on any atom is -0.480 e. The molecule has 0 saturated heterocycles. The van der Waals surface area contributed by atoms with Crippen LogP contribution >= 0.6 is 0 Å². The molecule has 0 aliphatic heterocycles. The predicted octanol–water partition coefficient (Wildman–Crippen LogP) is -4.82. The van der Waals surface area contributed by atoms with Crippen LogP contribution in [0.2, 0.25) is 0 Å². The molecule has 0 aromatic heterocycles. The maximum atomic E-state index is 12.6. The van der Waals surface area contributed by atoms with E-state index in [0.717, 1.165) is 0 Å². The van der Waals surface area contributed by atoms with Crippen LogP contribution in [0.1, 0.15) is 32.6 Å². The first-order valence-corrected chi connectivity index (χ1v) is 9.73. The number of guanidine groups is 1. The van der Waals surface area contributed by atoms with Crippen LogP contribution < -0.4 is 38.9 Å². The Hall–Kier alpha value is -3.46. The number of aliphatic hydroxyl groups is 1. The van der Waals surface area contributed by atoms with Gasteiger partial charge >= 0.3 is 5.97 Å². The van der Waals surface area contributed by atoms with E-state index in [0.29, 0.717) is 6.42 Å². The number of carbonyl (C=O) groups is 5. The zero-order valence-corrected chi connectivity index (χ0v) is 17.7. The van der Waals surface area contributed by atoms with E-state index in [1.54, 1.807) is 0 Å². The number of aliphatic hydroxyl groups excluding tert-OH is 1. The fourth-order valence-corrected chi connectivity index (χ4v) is 2.34. The van der Waals surface area contributed by atoms with E-state index in [4.69, 9.17) is 33.1 Å². The van der Waals surface area contributed by atoms with Crippen molar-refractivity contribution in [2.45, 2.75) is 56.8 Å². The number of carboxylic acid groups (broad SMARTS) is 1. The quantitative estimate of drug-likeness (QED) is 0.0638. The molecular weight excluding hydrogens is 428 g/mol. The number of nitrogens with one attached hydrogen (secondary N) is 3. The van der Waals surface area contributed by atoms with Crippen LogP contribution in [0.3, 0.4) is 0 Å². The summed E-state index contributed by atoms with van der Waals surface area (Å²) in [5.74, 6) is -4.55. The Morgan fingerprint density at radius 3 is 2.00 bits per heavy atom. The molecule has 32 heavy (non-hydrogen) atoms. The van der Waals surface area contributed by atoms with Gasteiger partial charge in [0.25, 0.3) is 0 Å². The Balaban J connectivity index is 5.12. The van der Waals surface area contributed by atoms with Gasteiger partial charge in [-0.3, -0.25) is 24.2 Å². The minimum absolute atomic E-state index is 0.0277. The first kappa shape index (κ1) is 28.5. The fraction of sp³-hybridized carbons (Fsp3) is 0.647. The van der Waals surface area contributed by atoms with Gasteiger partial charge in [0.15, 0.2) is 5.96 Å². The maximum absolute atomic E-state index is 12.6. The van der Waals surface area contributed by atoms with Crippen LogP contribution in [0.25, 0.3) is 0 Å². The number of hydrogen-bond acceptors (Lipinski definition) is 8. The van der Waals surface area contributed by atoms with E-state index in [2.05, 4.69) is 20.9 Å². The Kier molecular flexibility index (Phi) is 13.0. The van der Waals surface area contributed by atoms with Crippen molar-refractivity contribution < 1.29 is 34.2 Å². The number of nitrogens with two attached hydrogens (primary N) is 4. The number of aliphatic carboxylic acids is 1. The summed E-state index contributed by atoms with van der Waals surface area (Å²) in [6.07, 6.45) is 0.224. The molecule has 0 spiro atoms. The number of nitrogens with zero attached hydrogens (tertiary/aromatic N) is 1. The van der Waals surface area contributed by atoms with Gasteiger partial charge in [-0.1, -0.05) is 0 Å². The van der Waals surface area contributed by atoms with Gasteiger partial charge in [-0.25, -0.2) is 4.79 Å². The molecule has 15 heteroatoms. The van der Waals surface area contributed by atoms with E-state index < -0.39 is 60.4 Å². The van der Waals surface area contributed by atoms with Gasteiger partial charge in [0.1, 0.15) is 18.1 Å². The van der Waals surface area contributed by atoms with E-state index in [1.165, 1.54) is 6.92 Å². The Morgan fingerprint density at radius 1 is 0.906 bits per heavy atom. The van der Waals surface area contributed by atoms with Crippen molar-refractivity contribution in [3.63, 3.8) is 0 Å². The van der Waals surface area contributed by atoms with Gasteiger partial charge in [0.2, 0.25) is 23.6 Å². The van der Waals surface area contributed by atoms with Crippen molar-refractivity contribution in [1.82, 2.24) is 16.0 Å². The average Bonchev–Trinajstić information content (AvgIpc) is 2.71. The highest BCUT2D eigenvalue weighted by Gasteiger charge is 2.28. The zero-order valence-electron chi connectivity index (χ0n) is 17.7. The standard InChI is InChI=1S/C17H32N8O7/c1-8(13(28)25-11(7-26)16(31)32)23-15(30)10(3-2-6-22-17(20)21)24-14(29)9(18)4-5-12(19)27/h8-11,26H,2-7,18H2,1H3,(H2,19,27)(H,23,30)(H,24,29)(H,25,28)(H,31,32)(H4,20,21,22). The molecule has 4 unspecified atom stereocenters. The van der Waals surface area contributed by atoms with Crippen LogP contribution in [0, 0.1) is 0 Å². The molecule has 13 N–H and O–H groups in total. The normalized spacial score (nSPS) is 14.2. The smallest absolute Gasteiger partial charge is 0.328 e. The summed E-state index contributed by atoms with van der Waals surface area (Å²) in [6.45, 7) is 0.622. The predicted molar refractivity (Wildman–Crippen MR) is 113 cm³/mol. The van der Waals surface area contributed by atoms with Crippen molar-refractivity contribution in [2.24, 2.45) is 27.9 Å². The SMILES string of the molecule is CC(NC(=O)C(CCCN=C(N)N)NC(=O)C(N)CCC(N)=O)C(=O)NC(CO)C(=O)O. The van der Waals surface area contributed by atoms with Gasteiger partial charge < -0.3 is 49.1 Å². The van der Waals surface area contributed by atoms with Gasteiger partial charge in [0, 0.05) is 13.0 Å². The summed E-state index contributed by atoms with van der Waals surface area (Å²) in [4.78, 5) is 62.6. The Morgan fingerprint density at radius 2 is 1.50 bits per heavy atom. The van der Waals surface area contributed by atoms with Gasteiger partial charge in [-0.05, 0) is 26.2 Å². The topological polar surface area (TPSA) is 278 Å². The van der Waals surface area contributed by atoms with Crippen molar-refractivity contribution in [3.8, 4) is 0 Å². The lowest BCUT2D eigenvalue weighted by Crippen LogP contribution is -2.56. The van der Waals surface area contributed by atoms with Gasteiger partial charge in [0.05, 0.1) is 12.6 Å². The molecule has 4 atom stereocenters. The molecule has 0 rings (SSSR count). The Bertz CT molecular complexity index is 711. The number of amides is 4. The third kappa shape index (κ3) is 11.7. The second kappa shape index (κ2) is 14.5. The fourth-order valence-electron chi connectivity index (χ4n) is 2.34. The highest BCUT2D eigenvalue weighted by atomic mass is 16.4. The van der Waals surface area contributed by atoms with Crippen molar-refractivity contribution in [1.29, 1.82) is 0 Å². The van der Waals surface area contributed by atoms with E-state index in [1.807, 2.05) is 0 Å². The number of aliphatic imine (C=N–C) groups is 1. The molecule has 4 amide bonds. The summed E-state index contributed by atoms with van der Waals surface area (Å²) < 4.78 is 0. The number of carbonyl (C=O) groups excluding carboxylic acids is 4. The van der Waals surface area contributed by atoms with Crippen LogP contribution in [0.5, 0.6) is 0 Å². The van der Waals surface area contributed by atoms with Crippen molar-refractivity contribution >= 4 is 35.6 Å². The lowest BCUT2D eigenvalue weighted by atomic mass is 10.1. The first-order chi connectivity index (χ1) is 14.9. The first-order valence-electron chi connectivity index (χ1n) is 9.73. The molecular formula is C17H32N8O7. The molecule has 0 aliphatic rings. The summed E-state index contributed by atoms with van der Waals surface area (Å²) in [7, 11) is 0. The molecule has 0 aliphatic carbocycles. The van der Waals surface area contributed by atoms with Crippen molar-refractivity contribution in [3.05, 3.63) is 0 Å². The zero-order chi connectivity index (χ0) is 24.8. The lowest BCUT2D eigenvalue weighted by molar-refractivity contribution is -0.143. The molecule has 0 saturated carbocycles. The largest absolute Gasteiger partial charge is 0.480 e. The molecule has 0 fully saturated rings. The maximum Gasteiger partial charge on any atom is 0.328 e. The summed E-state index contributed by atoms with van der Waals surface area (Å²) >= 11 is 0. The second-order valence-electron chi connectivity index (χ2n) is 6.93. The molecule has 0 radical (unpaired) electrons. The monoisotopic (exact) mass is 460 g/mol. The molecule has 15 nitrogen and oxygen atoms in total. The Labute approximate surface area is 184 Å². The molecule has 0 heterocycles. The third-order valence-electron chi connectivity index (χ3n) is 4.17. The van der Waals surface area contributed by atoms with Crippen LogP contribution in [0.15, 0.2) is 4.99 Å². The number of carboxylic acids is 1. The molecule has 0 aromatic carbocycles. The summed E-state index contributed by atoms with van der Waals surface area (Å²) in [6, 6.07) is -4.95. The highest BCUT2D eigenvalue weighted by Crippen LogP contribution is 2.02.